The molecule has 174 valence electrons. The number of alkyl halides is 3. The third-order valence-electron chi connectivity index (χ3n) is 4.94. The lowest BCUT2D eigenvalue weighted by Gasteiger charge is -2.15. The molecule has 0 atom stereocenters. The Morgan fingerprint density at radius 3 is 2.42 bits per heavy atom. The molecule has 0 saturated carbocycles. The molecule has 1 aromatic heterocycles. The summed E-state index contributed by atoms with van der Waals surface area (Å²) in [5, 5.41) is 16.3. The van der Waals surface area contributed by atoms with E-state index in [-0.39, 0.29) is 17.5 Å². The van der Waals surface area contributed by atoms with Gasteiger partial charge >= 0.3 is 6.18 Å². The number of hydrogen-bond donors (Lipinski definition) is 2. The van der Waals surface area contributed by atoms with Crippen molar-refractivity contribution in [2.75, 3.05) is 10.6 Å². The molecular formula is C23H24F3N5O2. The van der Waals surface area contributed by atoms with Crippen molar-refractivity contribution >= 4 is 28.8 Å². The molecule has 0 aliphatic carbocycles. The Labute approximate surface area is 189 Å². The van der Waals surface area contributed by atoms with Crippen LogP contribution in [0.5, 0.6) is 0 Å². The van der Waals surface area contributed by atoms with Gasteiger partial charge in [-0.15, -0.1) is 0 Å². The first-order valence-electron chi connectivity index (χ1n) is 10.6. The molecule has 0 aliphatic rings. The van der Waals surface area contributed by atoms with E-state index >= 15 is 0 Å². The van der Waals surface area contributed by atoms with Crippen molar-refractivity contribution in [1.82, 2.24) is 9.97 Å². The Balaban J connectivity index is 1.81. The van der Waals surface area contributed by atoms with E-state index < -0.39 is 16.7 Å². The second kappa shape index (κ2) is 10.8. The van der Waals surface area contributed by atoms with E-state index in [4.69, 9.17) is 0 Å². The molecule has 3 rings (SSSR count). The summed E-state index contributed by atoms with van der Waals surface area (Å²) in [5.74, 6) is -0.458. The second-order valence-electron chi connectivity index (χ2n) is 7.52. The highest BCUT2D eigenvalue weighted by atomic mass is 19.4. The van der Waals surface area contributed by atoms with Crippen LogP contribution in [0.1, 0.15) is 43.7 Å². The number of anilines is 4. The number of halogens is 3. The quantitative estimate of drug-likeness (QED) is 0.192. The number of benzene rings is 2. The maximum Gasteiger partial charge on any atom is 0.421 e. The van der Waals surface area contributed by atoms with Gasteiger partial charge in [0.1, 0.15) is 11.4 Å². The molecule has 0 fully saturated rings. The minimum absolute atomic E-state index is 0.0740. The lowest BCUT2D eigenvalue weighted by molar-refractivity contribution is -0.384. The number of aromatic nitrogens is 2. The van der Waals surface area contributed by atoms with Crippen molar-refractivity contribution in [2.45, 2.75) is 45.2 Å². The van der Waals surface area contributed by atoms with E-state index in [0.717, 1.165) is 37.7 Å². The molecule has 3 aromatic rings. The first-order chi connectivity index (χ1) is 15.8. The van der Waals surface area contributed by atoms with Crippen LogP contribution in [0.25, 0.3) is 0 Å². The SMILES string of the molecule is CCCCCCc1cccc(Nc2nc(Nc3ccc([N+](=O)[O-])cc3)ncc2C(F)(F)F)c1. The maximum atomic E-state index is 13.5. The Kier molecular flexibility index (Phi) is 7.81. The van der Waals surface area contributed by atoms with Crippen LogP contribution in [0.2, 0.25) is 0 Å². The number of hydrogen-bond acceptors (Lipinski definition) is 6. The lowest BCUT2D eigenvalue weighted by Crippen LogP contribution is -2.12. The fraction of sp³-hybridized carbons (Fsp3) is 0.304. The van der Waals surface area contributed by atoms with Crippen LogP contribution in [0.15, 0.2) is 54.7 Å². The third kappa shape index (κ3) is 6.90. The molecule has 0 saturated heterocycles. The number of nitrogens with zero attached hydrogens (tertiary/aromatic N) is 3. The summed E-state index contributed by atoms with van der Waals surface area (Å²) in [4.78, 5) is 18.0. The first-order valence-corrected chi connectivity index (χ1v) is 10.6. The molecule has 2 N–H and O–H groups in total. The van der Waals surface area contributed by atoms with Crippen molar-refractivity contribution in [2.24, 2.45) is 0 Å². The van der Waals surface area contributed by atoms with E-state index in [1.54, 1.807) is 12.1 Å². The van der Waals surface area contributed by atoms with E-state index in [1.165, 1.54) is 24.3 Å². The number of rotatable bonds is 10. The zero-order valence-electron chi connectivity index (χ0n) is 18.0. The van der Waals surface area contributed by atoms with Crippen LogP contribution >= 0.6 is 0 Å². The summed E-state index contributed by atoms with van der Waals surface area (Å²) in [5.41, 5.74) is 0.827. The Morgan fingerprint density at radius 2 is 1.76 bits per heavy atom. The van der Waals surface area contributed by atoms with Crippen molar-refractivity contribution in [1.29, 1.82) is 0 Å². The van der Waals surface area contributed by atoms with Crippen LogP contribution in [-0.4, -0.2) is 14.9 Å². The van der Waals surface area contributed by atoms with Gasteiger partial charge in [0.05, 0.1) is 4.92 Å². The monoisotopic (exact) mass is 459 g/mol. The molecule has 0 spiro atoms. The van der Waals surface area contributed by atoms with Gasteiger partial charge in [-0.1, -0.05) is 38.3 Å². The topological polar surface area (TPSA) is 93.0 Å². The number of nitro benzene ring substituents is 1. The summed E-state index contributed by atoms with van der Waals surface area (Å²) >= 11 is 0. The third-order valence-corrected chi connectivity index (χ3v) is 4.94. The molecule has 10 heteroatoms. The highest BCUT2D eigenvalue weighted by Crippen LogP contribution is 2.35. The zero-order valence-corrected chi connectivity index (χ0v) is 18.0. The van der Waals surface area contributed by atoms with Gasteiger partial charge in [-0.2, -0.15) is 18.2 Å². The molecule has 33 heavy (non-hydrogen) atoms. The number of unbranched alkanes of at least 4 members (excludes halogenated alkanes) is 3. The van der Waals surface area contributed by atoms with Gasteiger partial charge in [-0.3, -0.25) is 10.1 Å². The lowest BCUT2D eigenvalue weighted by atomic mass is 10.1. The fourth-order valence-electron chi connectivity index (χ4n) is 3.24. The van der Waals surface area contributed by atoms with Crippen LogP contribution in [0.3, 0.4) is 0 Å². The Bertz CT molecular complexity index is 1090. The average molecular weight is 459 g/mol. The van der Waals surface area contributed by atoms with Crippen molar-refractivity contribution < 1.29 is 18.1 Å². The minimum atomic E-state index is -4.65. The maximum absolute atomic E-state index is 13.5. The standard InChI is InChI=1S/C23H24F3N5O2/c1-2-3-4-5-7-16-8-6-9-18(14-16)28-21-20(23(24,25)26)15-27-22(30-21)29-17-10-12-19(13-11-17)31(32)33/h6,8-15H,2-5,7H2,1H3,(H2,27,28,29,30). The molecule has 0 unspecified atom stereocenters. The molecule has 0 bridgehead atoms. The van der Waals surface area contributed by atoms with Crippen molar-refractivity contribution in [3.63, 3.8) is 0 Å². The number of nitrogens with one attached hydrogen (secondary N) is 2. The van der Waals surface area contributed by atoms with Crippen molar-refractivity contribution in [3.05, 3.63) is 76.0 Å². The van der Waals surface area contributed by atoms with Gasteiger partial charge in [0.2, 0.25) is 5.95 Å². The summed E-state index contributed by atoms with van der Waals surface area (Å²) < 4.78 is 40.6. The zero-order chi connectivity index (χ0) is 23.8. The second-order valence-corrected chi connectivity index (χ2v) is 7.52. The molecule has 2 aromatic carbocycles. The van der Waals surface area contributed by atoms with Gasteiger partial charge in [0, 0.05) is 29.7 Å². The Morgan fingerprint density at radius 1 is 1.00 bits per heavy atom. The largest absolute Gasteiger partial charge is 0.421 e. The van der Waals surface area contributed by atoms with Gasteiger partial charge in [-0.25, -0.2) is 4.98 Å². The smallest absolute Gasteiger partial charge is 0.340 e. The van der Waals surface area contributed by atoms with Crippen LogP contribution in [0, 0.1) is 10.1 Å². The number of aryl methyl sites for hydroxylation is 1. The minimum Gasteiger partial charge on any atom is -0.340 e. The first kappa shape index (κ1) is 24.0. The highest BCUT2D eigenvalue weighted by Gasteiger charge is 2.35. The van der Waals surface area contributed by atoms with Gasteiger partial charge in [0.15, 0.2) is 0 Å². The number of nitro groups is 1. The molecule has 1 heterocycles. The van der Waals surface area contributed by atoms with E-state index in [1.807, 2.05) is 12.1 Å². The molecule has 0 amide bonds. The Hall–Kier alpha value is -3.69. The predicted molar refractivity (Wildman–Crippen MR) is 121 cm³/mol. The van der Waals surface area contributed by atoms with Crippen LogP contribution in [0.4, 0.5) is 42.0 Å². The fourth-order valence-corrected chi connectivity index (χ4v) is 3.24. The molecular weight excluding hydrogens is 435 g/mol. The van der Waals surface area contributed by atoms with Crippen LogP contribution < -0.4 is 10.6 Å². The van der Waals surface area contributed by atoms with Crippen molar-refractivity contribution in [3.8, 4) is 0 Å². The summed E-state index contributed by atoms with van der Waals surface area (Å²) in [7, 11) is 0. The molecule has 0 aliphatic heterocycles. The normalized spacial score (nSPS) is 11.3. The number of non-ortho nitro benzene ring substituents is 1. The summed E-state index contributed by atoms with van der Waals surface area (Å²) in [6.07, 6.45) is 1.31. The molecule has 7 nitrogen and oxygen atoms in total. The van der Waals surface area contributed by atoms with Gasteiger partial charge < -0.3 is 10.6 Å². The summed E-state index contributed by atoms with van der Waals surface area (Å²) in [6, 6.07) is 12.6. The predicted octanol–water partition coefficient (Wildman–Crippen LogP) is 7.01. The van der Waals surface area contributed by atoms with Crippen LogP contribution in [-0.2, 0) is 12.6 Å². The average Bonchev–Trinajstić information content (AvgIpc) is 2.77. The summed E-state index contributed by atoms with van der Waals surface area (Å²) in [6.45, 7) is 2.13. The van der Waals surface area contributed by atoms with Gasteiger partial charge in [-0.05, 0) is 42.7 Å². The molecule has 0 radical (unpaired) electrons. The highest BCUT2D eigenvalue weighted by molar-refractivity contribution is 5.63. The van der Waals surface area contributed by atoms with E-state index in [2.05, 4.69) is 27.5 Å². The van der Waals surface area contributed by atoms with E-state index in [9.17, 15) is 23.3 Å². The van der Waals surface area contributed by atoms with Gasteiger partial charge in [0.25, 0.3) is 5.69 Å². The van der Waals surface area contributed by atoms with E-state index in [0.29, 0.717) is 17.6 Å².